The van der Waals surface area contributed by atoms with Crippen LogP contribution in [0.3, 0.4) is 0 Å². The van der Waals surface area contributed by atoms with Gasteiger partial charge in [-0.15, -0.1) is 0 Å². The molecule has 0 saturated heterocycles. The lowest BCUT2D eigenvalue weighted by atomic mass is 9.64. The molecule has 0 fully saturated rings. The van der Waals surface area contributed by atoms with Gasteiger partial charge < -0.3 is 10.2 Å². The zero-order valence-electron chi connectivity index (χ0n) is 32.8. The first-order valence-corrected chi connectivity index (χ1v) is 20.7. The van der Waals surface area contributed by atoms with Gasteiger partial charge in [0.15, 0.2) is 0 Å². The molecule has 3 nitrogen and oxygen atoms in total. The van der Waals surface area contributed by atoms with E-state index in [1.165, 1.54) is 66.7 Å². The molecular formula is C57H39N3. The lowest BCUT2D eigenvalue weighted by molar-refractivity contribution is 0.664. The molecule has 0 amide bonds. The molecule has 0 saturated carbocycles. The number of anilines is 3. The maximum Gasteiger partial charge on any atom is 0.145 e. The minimum absolute atomic E-state index is 0.233. The van der Waals surface area contributed by atoms with Crippen molar-refractivity contribution in [3.63, 3.8) is 0 Å². The SMILES string of the molecule is C1=C(c2ccccc2)NC(c2ccc(-c3ccc4c(c3)C3(c5ccccc5N(c5ccccc5)c5ccccc53)c3ccc5ccccc5c3-4)cc2)N=C1c1ccccc1. The molecule has 0 bridgehead atoms. The highest BCUT2D eigenvalue weighted by molar-refractivity contribution is 6.13. The molecule has 1 unspecified atom stereocenters. The molecule has 0 aromatic heterocycles. The number of para-hydroxylation sites is 3. The summed E-state index contributed by atoms with van der Waals surface area (Å²) in [6, 6.07) is 79.6. The number of aliphatic imine (C=N–C) groups is 1. The van der Waals surface area contributed by atoms with Crippen LogP contribution in [0.15, 0.2) is 229 Å². The van der Waals surface area contributed by atoms with Crippen LogP contribution in [-0.4, -0.2) is 5.71 Å². The number of hydrogen-bond acceptors (Lipinski definition) is 3. The molecule has 2 heterocycles. The Hall–Kier alpha value is -7.75. The van der Waals surface area contributed by atoms with E-state index in [2.05, 4.69) is 235 Å². The molecule has 0 radical (unpaired) electrons. The Labute approximate surface area is 350 Å². The smallest absolute Gasteiger partial charge is 0.145 e. The van der Waals surface area contributed by atoms with E-state index >= 15 is 0 Å². The predicted molar refractivity (Wildman–Crippen MR) is 248 cm³/mol. The van der Waals surface area contributed by atoms with E-state index in [9.17, 15) is 0 Å². The molecule has 1 aliphatic carbocycles. The van der Waals surface area contributed by atoms with E-state index in [0.29, 0.717) is 0 Å². The minimum Gasteiger partial charge on any atom is -0.360 e. The largest absolute Gasteiger partial charge is 0.360 e. The van der Waals surface area contributed by atoms with Gasteiger partial charge in [-0.25, -0.2) is 0 Å². The van der Waals surface area contributed by atoms with Crippen LogP contribution in [0.5, 0.6) is 0 Å². The number of fused-ring (bicyclic) bond motifs is 11. The third-order valence-electron chi connectivity index (χ3n) is 12.7. The standard InChI is InChI=1S/C57H39N3/c1-4-17-40(18-5-1)51-37-52(41-19-6-2-7-20-41)59-56(58-51)42-30-28-38(29-31-42)43-32-34-46-50(36-43)57(49-35-33-39-16-10-11-23-45(39)55(46)49)47-24-12-14-26-53(47)60(44-21-8-3-9-22-44)54-27-15-13-25-48(54)57/h1-37,56,58H. The predicted octanol–water partition coefficient (Wildman–Crippen LogP) is 13.8. The Morgan fingerprint density at radius 3 is 1.77 bits per heavy atom. The van der Waals surface area contributed by atoms with Crippen molar-refractivity contribution >= 4 is 39.2 Å². The fourth-order valence-electron chi connectivity index (χ4n) is 10.1. The average Bonchev–Trinajstić information content (AvgIpc) is 3.63. The highest BCUT2D eigenvalue weighted by Gasteiger charge is 2.52. The van der Waals surface area contributed by atoms with Gasteiger partial charge in [0.05, 0.1) is 22.5 Å². The van der Waals surface area contributed by atoms with Gasteiger partial charge >= 0.3 is 0 Å². The quantitative estimate of drug-likeness (QED) is 0.189. The lowest BCUT2D eigenvalue weighted by Crippen LogP contribution is -2.36. The monoisotopic (exact) mass is 765 g/mol. The Balaban J connectivity index is 1.02. The van der Waals surface area contributed by atoms with Crippen LogP contribution < -0.4 is 10.2 Å². The minimum atomic E-state index is -0.544. The molecule has 282 valence electrons. The van der Waals surface area contributed by atoms with Crippen LogP contribution >= 0.6 is 0 Å². The van der Waals surface area contributed by atoms with E-state index in [-0.39, 0.29) is 6.17 Å². The molecule has 9 aromatic carbocycles. The molecule has 9 aromatic rings. The van der Waals surface area contributed by atoms with Crippen molar-refractivity contribution in [2.45, 2.75) is 11.6 Å². The van der Waals surface area contributed by atoms with Crippen molar-refractivity contribution in [3.8, 4) is 22.3 Å². The van der Waals surface area contributed by atoms with E-state index < -0.39 is 5.41 Å². The third kappa shape index (κ3) is 5.19. The molecule has 12 rings (SSSR count). The molecule has 1 N–H and O–H groups in total. The van der Waals surface area contributed by atoms with Crippen LogP contribution in [0.1, 0.15) is 45.1 Å². The second-order valence-electron chi connectivity index (χ2n) is 15.9. The first kappa shape index (κ1) is 34.3. The first-order valence-electron chi connectivity index (χ1n) is 20.7. The van der Waals surface area contributed by atoms with Crippen molar-refractivity contribution in [3.05, 3.63) is 263 Å². The lowest BCUT2D eigenvalue weighted by Gasteiger charge is -2.45. The van der Waals surface area contributed by atoms with Crippen LogP contribution in [-0.2, 0) is 5.41 Å². The van der Waals surface area contributed by atoms with Crippen LogP contribution in [0.2, 0.25) is 0 Å². The second-order valence-corrected chi connectivity index (χ2v) is 15.9. The normalized spacial score (nSPS) is 15.6. The summed E-state index contributed by atoms with van der Waals surface area (Å²) in [6.07, 6.45) is 1.93. The molecule has 2 aliphatic heterocycles. The van der Waals surface area contributed by atoms with Crippen molar-refractivity contribution in [1.29, 1.82) is 0 Å². The van der Waals surface area contributed by atoms with Crippen molar-refractivity contribution < 1.29 is 0 Å². The summed E-state index contributed by atoms with van der Waals surface area (Å²) in [5.41, 5.74) is 18.6. The molecular weight excluding hydrogens is 727 g/mol. The first-order chi connectivity index (χ1) is 29.8. The van der Waals surface area contributed by atoms with Crippen LogP contribution in [0.4, 0.5) is 17.1 Å². The third-order valence-corrected chi connectivity index (χ3v) is 12.7. The van der Waals surface area contributed by atoms with Gasteiger partial charge in [0.25, 0.3) is 0 Å². The zero-order chi connectivity index (χ0) is 39.6. The summed E-state index contributed by atoms with van der Waals surface area (Å²) in [7, 11) is 0. The number of benzene rings is 9. The van der Waals surface area contributed by atoms with E-state index in [4.69, 9.17) is 4.99 Å². The van der Waals surface area contributed by atoms with Crippen LogP contribution in [0, 0.1) is 0 Å². The highest BCUT2D eigenvalue weighted by atomic mass is 15.2. The van der Waals surface area contributed by atoms with Crippen molar-refractivity contribution in [2.24, 2.45) is 4.99 Å². The van der Waals surface area contributed by atoms with Gasteiger partial charge in [-0.05, 0) is 108 Å². The van der Waals surface area contributed by atoms with Gasteiger partial charge in [-0.2, -0.15) is 0 Å². The second kappa shape index (κ2) is 13.7. The Morgan fingerprint density at radius 1 is 0.450 bits per heavy atom. The molecule has 60 heavy (non-hydrogen) atoms. The number of allylic oxidation sites excluding steroid dienone is 1. The van der Waals surface area contributed by atoms with Crippen molar-refractivity contribution in [1.82, 2.24) is 5.32 Å². The summed E-state index contributed by atoms with van der Waals surface area (Å²) in [4.78, 5) is 7.69. The van der Waals surface area contributed by atoms with Gasteiger partial charge in [-0.3, -0.25) is 4.99 Å². The summed E-state index contributed by atoms with van der Waals surface area (Å²) in [6.45, 7) is 0. The molecule has 3 aliphatic rings. The zero-order valence-corrected chi connectivity index (χ0v) is 32.8. The number of hydrogen-bond donors (Lipinski definition) is 1. The fraction of sp³-hybridized carbons (Fsp3) is 0.0351. The maximum absolute atomic E-state index is 5.25. The van der Waals surface area contributed by atoms with Gasteiger partial charge in [0, 0.05) is 11.4 Å². The summed E-state index contributed by atoms with van der Waals surface area (Å²) >= 11 is 0. The molecule has 3 heteroatoms. The molecule has 1 spiro atoms. The van der Waals surface area contributed by atoms with Gasteiger partial charge in [0.1, 0.15) is 6.17 Å². The van der Waals surface area contributed by atoms with E-state index in [1.54, 1.807) is 0 Å². The van der Waals surface area contributed by atoms with E-state index in [1.807, 2.05) is 0 Å². The topological polar surface area (TPSA) is 27.6 Å². The van der Waals surface area contributed by atoms with Crippen molar-refractivity contribution in [2.75, 3.05) is 4.90 Å². The highest BCUT2D eigenvalue weighted by Crippen LogP contribution is 2.64. The molecule has 1 atom stereocenters. The maximum atomic E-state index is 5.25. The average molecular weight is 766 g/mol. The van der Waals surface area contributed by atoms with Crippen LogP contribution in [0.25, 0.3) is 38.7 Å². The Bertz CT molecular complexity index is 3120. The fourth-order valence-corrected chi connectivity index (χ4v) is 10.1. The number of rotatable bonds is 5. The van der Waals surface area contributed by atoms with E-state index in [0.717, 1.165) is 33.8 Å². The Kier molecular flexibility index (Phi) is 7.82. The number of nitrogens with one attached hydrogen (secondary N) is 1. The number of nitrogens with zero attached hydrogens (tertiary/aromatic N) is 2. The van der Waals surface area contributed by atoms with Gasteiger partial charge in [-0.1, -0.05) is 188 Å². The summed E-state index contributed by atoms with van der Waals surface area (Å²) in [5.74, 6) is 0. The Morgan fingerprint density at radius 2 is 1.05 bits per heavy atom. The summed E-state index contributed by atoms with van der Waals surface area (Å²) in [5, 5.41) is 6.28. The summed E-state index contributed by atoms with van der Waals surface area (Å²) < 4.78 is 0. The van der Waals surface area contributed by atoms with Gasteiger partial charge in [0.2, 0.25) is 0 Å².